The van der Waals surface area contributed by atoms with Crippen molar-refractivity contribution in [2.45, 2.75) is 20.0 Å². The number of primary amides is 1. The molecule has 1 amide bonds. The number of amides is 1. The molecule has 0 saturated heterocycles. The molecule has 0 spiro atoms. The third-order valence-electron chi connectivity index (χ3n) is 2.41. The molecule has 0 bridgehead atoms. The summed E-state index contributed by atoms with van der Waals surface area (Å²) in [6.07, 6.45) is -4.62. The van der Waals surface area contributed by atoms with E-state index < -0.39 is 29.1 Å². The van der Waals surface area contributed by atoms with E-state index in [4.69, 9.17) is 11.5 Å². The molecular formula is C10H14F3N5O. The molecule has 1 rings (SSSR count). The largest absolute Gasteiger partial charge is 0.433 e. The Kier molecular flexibility index (Phi) is 3.87. The number of nitrogen functional groups attached to an aromatic ring is 1. The number of carbonyl (C=O) groups is 1. The lowest BCUT2D eigenvalue weighted by Gasteiger charge is -2.21. The Labute approximate surface area is 107 Å². The van der Waals surface area contributed by atoms with E-state index in [-0.39, 0.29) is 12.4 Å². The standard InChI is InChI=1S/C10H14F3N5O/c1-9(2,7(14)19)4-16-6-3-5(10(11,12)13)17-8(15)18-6/h3H,4H2,1-2H3,(H2,14,19)(H3,15,16,17,18). The first-order valence-corrected chi connectivity index (χ1v) is 5.28. The fourth-order valence-corrected chi connectivity index (χ4v) is 1.10. The molecule has 0 aliphatic carbocycles. The molecule has 5 N–H and O–H groups in total. The Morgan fingerprint density at radius 2 is 1.95 bits per heavy atom. The fraction of sp³-hybridized carbons (Fsp3) is 0.500. The van der Waals surface area contributed by atoms with Crippen LogP contribution in [0.5, 0.6) is 0 Å². The quantitative estimate of drug-likeness (QED) is 0.761. The van der Waals surface area contributed by atoms with Crippen LogP contribution in [0.1, 0.15) is 19.5 Å². The van der Waals surface area contributed by atoms with Gasteiger partial charge >= 0.3 is 6.18 Å². The van der Waals surface area contributed by atoms with E-state index in [9.17, 15) is 18.0 Å². The third-order valence-corrected chi connectivity index (χ3v) is 2.41. The van der Waals surface area contributed by atoms with Crippen molar-refractivity contribution in [1.82, 2.24) is 9.97 Å². The summed E-state index contributed by atoms with van der Waals surface area (Å²) in [6, 6.07) is 0.716. The van der Waals surface area contributed by atoms with Crippen molar-refractivity contribution in [3.63, 3.8) is 0 Å². The summed E-state index contributed by atoms with van der Waals surface area (Å²) >= 11 is 0. The second-order valence-electron chi connectivity index (χ2n) is 4.60. The number of nitrogens with two attached hydrogens (primary N) is 2. The van der Waals surface area contributed by atoms with Gasteiger partial charge in [-0.1, -0.05) is 0 Å². The summed E-state index contributed by atoms with van der Waals surface area (Å²) in [7, 11) is 0. The van der Waals surface area contributed by atoms with Gasteiger partial charge in [-0.3, -0.25) is 4.79 Å². The van der Waals surface area contributed by atoms with E-state index in [0.717, 1.165) is 0 Å². The van der Waals surface area contributed by atoms with Crippen molar-refractivity contribution in [2.75, 3.05) is 17.6 Å². The number of rotatable bonds is 4. The van der Waals surface area contributed by atoms with Crippen molar-refractivity contribution in [3.05, 3.63) is 11.8 Å². The molecule has 1 heterocycles. The molecule has 1 aromatic heterocycles. The number of hydrogen-bond donors (Lipinski definition) is 3. The van der Waals surface area contributed by atoms with Crippen LogP contribution >= 0.6 is 0 Å². The van der Waals surface area contributed by atoms with Gasteiger partial charge in [-0.15, -0.1) is 0 Å². The topological polar surface area (TPSA) is 107 Å². The normalized spacial score (nSPS) is 12.3. The maximum atomic E-state index is 12.5. The molecule has 0 aromatic carbocycles. The van der Waals surface area contributed by atoms with E-state index in [1.54, 1.807) is 13.8 Å². The Balaban J connectivity index is 2.91. The first-order chi connectivity index (χ1) is 8.52. The number of halogens is 3. The second-order valence-corrected chi connectivity index (χ2v) is 4.60. The summed E-state index contributed by atoms with van der Waals surface area (Å²) in [4.78, 5) is 17.8. The maximum Gasteiger partial charge on any atom is 0.433 e. The van der Waals surface area contributed by atoms with Gasteiger partial charge in [0.15, 0.2) is 5.69 Å². The number of hydrogen-bond acceptors (Lipinski definition) is 5. The van der Waals surface area contributed by atoms with Gasteiger partial charge in [-0.2, -0.15) is 18.2 Å². The van der Waals surface area contributed by atoms with Crippen LogP contribution in [0.15, 0.2) is 6.07 Å². The lowest BCUT2D eigenvalue weighted by atomic mass is 9.93. The van der Waals surface area contributed by atoms with Crippen LogP contribution in [-0.4, -0.2) is 22.4 Å². The van der Waals surface area contributed by atoms with Crippen LogP contribution in [0, 0.1) is 5.41 Å². The van der Waals surface area contributed by atoms with E-state index in [1.165, 1.54) is 0 Å². The number of aromatic nitrogens is 2. The Morgan fingerprint density at radius 1 is 1.37 bits per heavy atom. The smallest absolute Gasteiger partial charge is 0.369 e. The van der Waals surface area contributed by atoms with Crippen molar-refractivity contribution in [1.29, 1.82) is 0 Å². The highest BCUT2D eigenvalue weighted by molar-refractivity contribution is 5.80. The molecule has 6 nitrogen and oxygen atoms in total. The molecule has 0 saturated carbocycles. The zero-order chi connectivity index (χ0) is 14.8. The highest BCUT2D eigenvalue weighted by Gasteiger charge is 2.34. The van der Waals surface area contributed by atoms with Gasteiger partial charge in [-0.25, -0.2) is 4.98 Å². The first kappa shape index (κ1) is 15.0. The molecule has 0 fully saturated rings. The predicted molar refractivity (Wildman–Crippen MR) is 62.9 cm³/mol. The molecule has 0 aliphatic rings. The van der Waals surface area contributed by atoms with E-state index in [1.807, 2.05) is 0 Å². The van der Waals surface area contributed by atoms with Crippen LogP contribution in [0.2, 0.25) is 0 Å². The Bertz CT molecular complexity index is 487. The number of alkyl halides is 3. The molecule has 1 aromatic rings. The Hall–Kier alpha value is -2.06. The first-order valence-electron chi connectivity index (χ1n) is 5.28. The fourth-order valence-electron chi connectivity index (χ4n) is 1.10. The molecule has 0 radical (unpaired) electrons. The molecule has 0 atom stereocenters. The van der Waals surface area contributed by atoms with Gasteiger partial charge in [0.05, 0.1) is 5.41 Å². The number of nitrogens with one attached hydrogen (secondary N) is 1. The second kappa shape index (κ2) is 4.90. The van der Waals surface area contributed by atoms with Crippen molar-refractivity contribution >= 4 is 17.7 Å². The van der Waals surface area contributed by atoms with Gasteiger partial charge in [0.25, 0.3) is 0 Å². The summed E-state index contributed by atoms with van der Waals surface area (Å²) in [5, 5.41) is 2.59. The van der Waals surface area contributed by atoms with Gasteiger partial charge in [0.2, 0.25) is 11.9 Å². The van der Waals surface area contributed by atoms with Crippen molar-refractivity contribution in [3.8, 4) is 0 Å². The van der Waals surface area contributed by atoms with Gasteiger partial charge in [0, 0.05) is 12.6 Å². The average Bonchev–Trinajstić information content (AvgIpc) is 2.24. The predicted octanol–water partition coefficient (Wildman–Crippen LogP) is 1.00. The molecule has 106 valence electrons. The minimum absolute atomic E-state index is 0.0239. The lowest BCUT2D eigenvalue weighted by Crippen LogP contribution is -2.37. The van der Waals surface area contributed by atoms with Gasteiger partial charge in [0.1, 0.15) is 5.82 Å². The van der Waals surface area contributed by atoms with Crippen molar-refractivity contribution in [2.24, 2.45) is 11.1 Å². The number of nitrogens with zero attached hydrogens (tertiary/aromatic N) is 2. The summed E-state index contributed by atoms with van der Waals surface area (Å²) in [6.45, 7) is 3.13. The maximum absolute atomic E-state index is 12.5. The SMILES string of the molecule is CC(C)(CNc1cc(C(F)(F)F)nc(N)n1)C(N)=O. The zero-order valence-corrected chi connectivity index (χ0v) is 10.4. The molecule has 9 heteroatoms. The van der Waals surface area contributed by atoms with Crippen LogP contribution in [0.4, 0.5) is 24.9 Å². The van der Waals surface area contributed by atoms with Crippen LogP contribution in [0.3, 0.4) is 0 Å². The van der Waals surface area contributed by atoms with E-state index in [0.29, 0.717) is 6.07 Å². The number of anilines is 2. The highest BCUT2D eigenvalue weighted by Crippen LogP contribution is 2.29. The summed E-state index contributed by atoms with van der Waals surface area (Å²) in [5.74, 6) is -1.21. The molecular weight excluding hydrogens is 263 g/mol. The monoisotopic (exact) mass is 277 g/mol. The van der Waals surface area contributed by atoms with Gasteiger partial charge < -0.3 is 16.8 Å². The zero-order valence-electron chi connectivity index (χ0n) is 10.4. The van der Waals surface area contributed by atoms with Crippen molar-refractivity contribution < 1.29 is 18.0 Å². The molecule has 0 unspecified atom stereocenters. The third kappa shape index (κ3) is 3.97. The minimum atomic E-state index is -4.62. The average molecular weight is 277 g/mol. The lowest BCUT2D eigenvalue weighted by molar-refractivity contribution is -0.141. The van der Waals surface area contributed by atoms with E-state index in [2.05, 4.69) is 15.3 Å². The van der Waals surface area contributed by atoms with E-state index >= 15 is 0 Å². The molecule has 19 heavy (non-hydrogen) atoms. The van der Waals surface area contributed by atoms with Crippen LogP contribution in [-0.2, 0) is 11.0 Å². The molecule has 0 aliphatic heterocycles. The number of carbonyl (C=O) groups excluding carboxylic acids is 1. The summed E-state index contributed by atoms with van der Waals surface area (Å²) in [5.41, 5.74) is 8.26. The van der Waals surface area contributed by atoms with Crippen LogP contribution in [0.25, 0.3) is 0 Å². The summed E-state index contributed by atoms with van der Waals surface area (Å²) < 4.78 is 37.5. The van der Waals surface area contributed by atoms with Crippen LogP contribution < -0.4 is 16.8 Å². The van der Waals surface area contributed by atoms with Gasteiger partial charge in [-0.05, 0) is 13.8 Å². The highest BCUT2D eigenvalue weighted by atomic mass is 19.4. The minimum Gasteiger partial charge on any atom is -0.369 e. The Morgan fingerprint density at radius 3 is 2.42 bits per heavy atom.